The Morgan fingerprint density at radius 2 is 1.78 bits per heavy atom. The fourth-order valence-corrected chi connectivity index (χ4v) is 5.12. The van der Waals surface area contributed by atoms with Gasteiger partial charge in [0.25, 0.3) is 5.91 Å². The average Bonchev–Trinajstić information content (AvgIpc) is 2.92. The summed E-state index contributed by atoms with van der Waals surface area (Å²) < 4.78 is 41.5. The monoisotopic (exact) mass is 406 g/mol. The topological polar surface area (TPSA) is 75.3 Å². The zero-order valence-electron chi connectivity index (χ0n) is 15.0. The lowest BCUT2D eigenvalue weighted by molar-refractivity contribution is 0.103. The second kappa shape index (κ2) is 7.38. The first-order valence-corrected chi connectivity index (χ1v) is 10.6. The number of fused-ring (bicyclic) bond motifs is 1. The standard InChI is InChI=1S/C19H19FN2O3S2/c1-11(2)22-27(24,25)14-9-7-13(8-10-14)21-19(23)18-12(3)17-15(20)5-4-6-16(17)26-18/h4-11,22H,1-3H3,(H,21,23). The third kappa shape index (κ3) is 4.02. The number of hydrogen-bond donors (Lipinski definition) is 2. The van der Waals surface area contributed by atoms with E-state index in [1.807, 2.05) is 0 Å². The maximum absolute atomic E-state index is 14.0. The molecule has 5 nitrogen and oxygen atoms in total. The Morgan fingerprint density at radius 1 is 1.11 bits per heavy atom. The molecule has 2 aromatic carbocycles. The number of nitrogens with one attached hydrogen (secondary N) is 2. The molecule has 0 unspecified atom stereocenters. The first-order chi connectivity index (χ1) is 12.7. The molecule has 0 spiro atoms. The van der Waals surface area contributed by atoms with E-state index in [1.54, 1.807) is 32.9 Å². The molecule has 0 atom stereocenters. The highest BCUT2D eigenvalue weighted by atomic mass is 32.2. The van der Waals surface area contributed by atoms with Gasteiger partial charge in [0.1, 0.15) is 5.82 Å². The van der Waals surface area contributed by atoms with Crippen LogP contribution in [0.1, 0.15) is 29.1 Å². The van der Waals surface area contributed by atoms with Gasteiger partial charge in [-0.3, -0.25) is 4.79 Å². The van der Waals surface area contributed by atoms with E-state index in [-0.39, 0.29) is 22.7 Å². The van der Waals surface area contributed by atoms with E-state index >= 15 is 0 Å². The van der Waals surface area contributed by atoms with Gasteiger partial charge in [-0.1, -0.05) is 6.07 Å². The summed E-state index contributed by atoms with van der Waals surface area (Å²) in [4.78, 5) is 13.1. The van der Waals surface area contributed by atoms with Gasteiger partial charge in [0.15, 0.2) is 0 Å². The van der Waals surface area contributed by atoms with E-state index in [0.29, 0.717) is 26.2 Å². The molecule has 27 heavy (non-hydrogen) atoms. The highest BCUT2D eigenvalue weighted by molar-refractivity contribution is 7.89. The molecular weight excluding hydrogens is 387 g/mol. The van der Waals surface area contributed by atoms with Crippen molar-refractivity contribution in [3.8, 4) is 0 Å². The lowest BCUT2D eigenvalue weighted by atomic mass is 10.1. The Morgan fingerprint density at radius 3 is 2.37 bits per heavy atom. The third-order valence-corrected chi connectivity index (χ3v) is 6.85. The molecule has 3 rings (SSSR count). The number of benzene rings is 2. The van der Waals surface area contributed by atoms with Crippen LogP contribution in [0.4, 0.5) is 10.1 Å². The second-order valence-corrected chi connectivity index (χ2v) is 9.19. The number of hydrogen-bond acceptors (Lipinski definition) is 4. The van der Waals surface area contributed by atoms with Gasteiger partial charge >= 0.3 is 0 Å². The number of anilines is 1. The van der Waals surface area contributed by atoms with Gasteiger partial charge in [-0.15, -0.1) is 11.3 Å². The molecule has 3 aromatic rings. The summed E-state index contributed by atoms with van der Waals surface area (Å²) in [6, 6.07) is 10.4. The molecule has 0 bridgehead atoms. The Balaban J connectivity index is 1.83. The van der Waals surface area contributed by atoms with Gasteiger partial charge in [-0.25, -0.2) is 17.5 Å². The number of carbonyl (C=O) groups is 1. The molecule has 1 heterocycles. The number of aryl methyl sites for hydroxylation is 1. The molecule has 2 N–H and O–H groups in total. The first kappa shape index (κ1) is 19.5. The molecule has 1 aromatic heterocycles. The lowest BCUT2D eigenvalue weighted by Gasteiger charge is -2.10. The minimum absolute atomic E-state index is 0.120. The SMILES string of the molecule is Cc1c(C(=O)Nc2ccc(S(=O)(=O)NC(C)C)cc2)sc2cccc(F)c12. The number of rotatable bonds is 5. The maximum atomic E-state index is 14.0. The van der Waals surface area contributed by atoms with Crippen LogP contribution in [0.3, 0.4) is 0 Å². The molecule has 142 valence electrons. The summed E-state index contributed by atoms with van der Waals surface area (Å²) >= 11 is 1.22. The van der Waals surface area contributed by atoms with Crippen LogP contribution in [-0.4, -0.2) is 20.4 Å². The van der Waals surface area contributed by atoms with Crippen molar-refractivity contribution in [1.29, 1.82) is 0 Å². The summed E-state index contributed by atoms with van der Waals surface area (Å²) in [5.74, 6) is -0.712. The highest BCUT2D eigenvalue weighted by Gasteiger charge is 2.19. The van der Waals surface area contributed by atoms with Gasteiger partial charge in [-0.2, -0.15) is 0 Å². The van der Waals surface area contributed by atoms with E-state index in [1.165, 1.54) is 41.7 Å². The summed E-state index contributed by atoms with van der Waals surface area (Å²) in [6.45, 7) is 5.19. The van der Waals surface area contributed by atoms with Gasteiger partial charge in [0.05, 0.1) is 9.77 Å². The summed E-state index contributed by atoms with van der Waals surface area (Å²) in [5.41, 5.74) is 1.05. The predicted octanol–water partition coefficient (Wildman–Crippen LogP) is 4.29. The normalized spacial score (nSPS) is 11.9. The number of amides is 1. The van der Waals surface area contributed by atoms with Crippen LogP contribution < -0.4 is 10.0 Å². The minimum atomic E-state index is -3.59. The number of sulfonamides is 1. The number of thiophene rings is 1. The molecule has 0 saturated heterocycles. The summed E-state index contributed by atoms with van der Waals surface area (Å²) in [7, 11) is -3.59. The molecule has 0 aliphatic carbocycles. The molecule has 0 fully saturated rings. The Hall–Kier alpha value is -2.29. The smallest absolute Gasteiger partial charge is 0.266 e. The maximum Gasteiger partial charge on any atom is 0.266 e. The van der Waals surface area contributed by atoms with Crippen molar-refractivity contribution in [2.45, 2.75) is 31.7 Å². The quantitative estimate of drug-likeness (QED) is 0.664. The van der Waals surface area contributed by atoms with Crippen LogP contribution >= 0.6 is 11.3 Å². The molecular formula is C19H19FN2O3S2. The van der Waals surface area contributed by atoms with E-state index in [9.17, 15) is 17.6 Å². The van der Waals surface area contributed by atoms with E-state index in [4.69, 9.17) is 0 Å². The van der Waals surface area contributed by atoms with Gasteiger partial charge < -0.3 is 5.32 Å². The van der Waals surface area contributed by atoms with Crippen molar-refractivity contribution in [2.75, 3.05) is 5.32 Å². The highest BCUT2D eigenvalue weighted by Crippen LogP contribution is 2.33. The van der Waals surface area contributed by atoms with Crippen LogP contribution in [-0.2, 0) is 10.0 Å². The molecule has 8 heteroatoms. The van der Waals surface area contributed by atoms with Crippen molar-refractivity contribution < 1.29 is 17.6 Å². The average molecular weight is 407 g/mol. The zero-order valence-corrected chi connectivity index (χ0v) is 16.7. The van der Waals surface area contributed by atoms with Crippen LogP contribution in [0.2, 0.25) is 0 Å². The van der Waals surface area contributed by atoms with Gasteiger partial charge in [-0.05, 0) is 62.7 Å². The molecule has 1 amide bonds. The zero-order chi connectivity index (χ0) is 19.8. The predicted molar refractivity (Wildman–Crippen MR) is 106 cm³/mol. The second-order valence-electron chi connectivity index (χ2n) is 6.42. The number of carbonyl (C=O) groups excluding carboxylic acids is 1. The van der Waals surface area contributed by atoms with Crippen LogP contribution in [0.25, 0.3) is 10.1 Å². The molecule has 0 aliphatic heterocycles. The largest absolute Gasteiger partial charge is 0.321 e. The fraction of sp³-hybridized carbons (Fsp3) is 0.211. The van der Waals surface area contributed by atoms with Gasteiger partial charge in [0, 0.05) is 21.8 Å². The molecule has 0 aliphatic rings. The van der Waals surface area contributed by atoms with E-state index < -0.39 is 10.0 Å². The Bertz CT molecular complexity index is 1100. The number of halogens is 1. The van der Waals surface area contributed by atoms with Crippen molar-refractivity contribution in [2.24, 2.45) is 0 Å². The summed E-state index contributed by atoms with van der Waals surface area (Å²) in [6.07, 6.45) is 0. The van der Waals surface area contributed by atoms with E-state index in [0.717, 1.165) is 0 Å². The van der Waals surface area contributed by atoms with Crippen LogP contribution in [0.5, 0.6) is 0 Å². The van der Waals surface area contributed by atoms with Crippen molar-refractivity contribution in [3.63, 3.8) is 0 Å². The fourth-order valence-electron chi connectivity index (χ4n) is 2.75. The van der Waals surface area contributed by atoms with Gasteiger partial charge in [0.2, 0.25) is 10.0 Å². The third-order valence-electron chi connectivity index (χ3n) is 3.92. The van der Waals surface area contributed by atoms with Crippen molar-refractivity contribution in [1.82, 2.24) is 4.72 Å². The first-order valence-electron chi connectivity index (χ1n) is 8.30. The van der Waals surface area contributed by atoms with Crippen LogP contribution in [0, 0.1) is 12.7 Å². The molecule has 0 saturated carbocycles. The summed E-state index contributed by atoms with van der Waals surface area (Å²) in [5, 5.41) is 3.19. The van der Waals surface area contributed by atoms with Crippen molar-refractivity contribution in [3.05, 3.63) is 58.7 Å². The lowest BCUT2D eigenvalue weighted by Crippen LogP contribution is -2.30. The van der Waals surface area contributed by atoms with Crippen molar-refractivity contribution >= 4 is 43.0 Å². The Labute approximate surface area is 161 Å². The Kier molecular flexibility index (Phi) is 5.32. The molecule has 0 radical (unpaired) electrons. The van der Waals surface area contributed by atoms with Crippen LogP contribution in [0.15, 0.2) is 47.4 Å². The minimum Gasteiger partial charge on any atom is -0.321 e. The van der Waals surface area contributed by atoms with E-state index in [2.05, 4.69) is 10.0 Å².